The van der Waals surface area contributed by atoms with E-state index >= 15 is 0 Å². The predicted molar refractivity (Wildman–Crippen MR) is 98.7 cm³/mol. The molecule has 1 amide bonds. The fraction of sp³-hybridized carbons (Fsp3) is 0.389. The minimum absolute atomic E-state index is 0.0379. The maximum Gasteiger partial charge on any atom is 0.275 e. The van der Waals surface area contributed by atoms with Crippen molar-refractivity contribution in [2.24, 2.45) is 0 Å². The van der Waals surface area contributed by atoms with E-state index in [1.807, 2.05) is 18.7 Å². The number of halogens is 2. The van der Waals surface area contributed by atoms with Crippen LogP contribution in [-0.2, 0) is 0 Å². The van der Waals surface area contributed by atoms with Crippen molar-refractivity contribution < 1.29 is 14.0 Å². The smallest absolute Gasteiger partial charge is 0.275 e. The second-order valence-electron chi connectivity index (χ2n) is 6.51. The molecule has 1 fully saturated rings. The lowest BCUT2D eigenvalue weighted by molar-refractivity contribution is 0.0496. The van der Waals surface area contributed by atoms with Gasteiger partial charge in [-0.15, -0.1) is 0 Å². The average molecular weight is 423 g/mol. The Morgan fingerprint density at radius 2 is 2.00 bits per heavy atom. The molecule has 1 atom stereocenters. The molecule has 26 heavy (non-hydrogen) atoms. The van der Waals surface area contributed by atoms with E-state index in [9.17, 15) is 14.0 Å². The van der Waals surface area contributed by atoms with Crippen molar-refractivity contribution in [3.63, 3.8) is 0 Å². The van der Waals surface area contributed by atoms with Crippen molar-refractivity contribution in [1.82, 2.24) is 20.0 Å². The van der Waals surface area contributed by atoms with Gasteiger partial charge in [-0.1, -0.05) is 0 Å². The lowest BCUT2D eigenvalue weighted by Crippen LogP contribution is -2.54. The van der Waals surface area contributed by atoms with Crippen molar-refractivity contribution in [3.8, 4) is 0 Å². The van der Waals surface area contributed by atoms with E-state index < -0.39 is 0 Å². The van der Waals surface area contributed by atoms with Crippen LogP contribution in [0.2, 0.25) is 0 Å². The molecule has 6 nitrogen and oxygen atoms in total. The van der Waals surface area contributed by atoms with Crippen LogP contribution in [0.15, 0.2) is 28.7 Å². The first-order chi connectivity index (χ1) is 12.4. The third-order valence-corrected chi connectivity index (χ3v) is 5.61. The van der Waals surface area contributed by atoms with Crippen molar-refractivity contribution in [3.05, 3.63) is 51.5 Å². The highest BCUT2D eigenvalue weighted by Crippen LogP contribution is 2.21. The molecule has 2 heterocycles. The number of nitrogens with one attached hydrogen (secondary N) is 1. The van der Waals surface area contributed by atoms with Crippen LogP contribution >= 0.6 is 15.9 Å². The van der Waals surface area contributed by atoms with E-state index in [1.165, 1.54) is 24.3 Å². The normalized spacial score (nSPS) is 18.2. The van der Waals surface area contributed by atoms with Crippen molar-refractivity contribution in [2.45, 2.75) is 19.9 Å². The van der Waals surface area contributed by atoms with E-state index in [0.29, 0.717) is 35.4 Å². The molecule has 0 unspecified atom stereocenters. The van der Waals surface area contributed by atoms with Gasteiger partial charge in [-0.3, -0.25) is 19.6 Å². The number of aromatic amines is 1. The van der Waals surface area contributed by atoms with Crippen molar-refractivity contribution >= 4 is 27.6 Å². The number of hydrogen-bond donors (Lipinski definition) is 1. The number of Topliss-reactive ketones (excluding diaryl/α,β-unsaturated/α-hetero) is 1. The average Bonchev–Trinajstić information content (AvgIpc) is 2.95. The molecule has 3 rings (SSSR count). The number of carbonyl (C=O) groups is 2. The number of nitrogens with zero attached hydrogens (tertiary/aromatic N) is 3. The Morgan fingerprint density at radius 3 is 2.58 bits per heavy atom. The molecule has 0 aliphatic carbocycles. The van der Waals surface area contributed by atoms with E-state index in [0.717, 1.165) is 5.69 Å². The van der Waals surface area contributed by atoms with Crippen LogP contribution in [0, 0.1) is 12.7 Å². The molecule has 0 bridgehead atoms. The molecule has 1 aliphatic heterocycles. The third kappa shape index (κ3) is 3.86. The first kappa shape index (κ1) is 18.7. The number of ketones is 1. The molecule has 8 heteroatoms. The highest BCUT2D eigenvalue weighted by Gasteiger charge is 2.30. The minimum atomic E-state index is -0.359. The molecule has 2 aromatic rings. The summed E-state index contributed by atoms with van der Waals surface area (Å²) in [4.78, 5) is 28.8. The number of H-pyrrole nitrogens is 1. The second kappa shape index (κ2) is 7.67. The van der Waals surface area contributed by atoms with Gasteiger partial charge in [0.2, 0.25) is 0 Å². The van der Waals surface area contributed by atoms with Crippen LogP contribution in [0.5, 0.6) is 0 Å². The lowest BCUT2D eigenvalue weighted by Gasteiger charge is -2.39. The second-order valence-corrected chi connectivity index (χ2v) is 7.30. The molecular formula is C18H20BrFN4O2. The molecule has 0 spiro atoms. The van der Waals surface area contributed by atoms with Gasteiger partial charge in [0, 0.05) is 36.9 Å². The van der Waals surface area contributed by atoms with Gasteiger partial charge in [-0.2, -0.15) is 5.10 Å². The first-order valence-electron chi connectivity index (χ1n) is 8.39. The number of piperazine rings is 1. The van der Waals surface area contributed by atoms with E-state index in [4.69, 9.17) is 0 Å². The monoisotopic (exact) mass is 422 g/mol. The number of rotatable bonds is 4. The fourth-order valence-electron chi connectivity index (χ4n) is 3.03. The van der Waals surface area contributed by atoms with Crippen LogP contribution in [0.3, 0.4) is 0 Å². The summed E-state index contributed by atoms with van der Waals surface area (Å²) in [5.74, 6) is -0.540. The Hall–Kier alpha value is -2.06. The predicted octanol–water partition coefficient (Wildman–Crippen LogP) is 2.65. The Labute approximate surface area is 159 Å². The number of aromatic nitrogens is 2. The maximum atomic E-state index is 13.0. The Morgan fingerprint density at radius 1 is 1.31 bits per heavy atom. The summed E-state index contributed by atoms with van der Waals surface area (Å²) in [5, 5.41) is 6.87. The standard InChI is InChI=1S/C18H20BrFN4O2/c1-11-9-24(18(26)17-16(19)12(2)21-22-17)8-7-23(11)10-15(25)13-3-5-14(20)6-4-13/h3-6,11H,7-10H2,1-2H3,(H,21,22)/t11-/m0/s1. The first-order valence-corrected chi connectivity index (χ1v) is 9.18. The summed E-state index contributed by atoms with van der Waals surface area (Å²) in [6, 6.07) is 5.61. The van der Waals surface area contributed by atoms with Gasteiger partial charge in [0.05, 0.1) is 11.0 Å². The number of benzene rings is 1. The Kier molecular flexibility index (Phi) is 5.52. The summed E-state index contributed by atoms with van der Waals surface area (Å²) in [6.07, 6.45) is 0. The molecule has 0 radical (unpaired) electrons. The van der Waals surface area contributed by atoms with Crippen molar-refractivity contribution in [1.29, 1.82) is 0 Å². The van der Waals surface area contributed by atoms with Gasteiger partial charge in [-0.05, 0) is 54.0 Å². The Bertz CT molecular complexity index is 821. The number of amides is 1. The molecule has 1 aromatic heterocycles. The topological polar surface area (TPSA) is 69.3 Å². The van der Waals surface area contributed by atoms with Gasteiger partial charge < -0.3 is 4.90 Å². The zero-order chi connectivity index (χ0) is 18.8. The van der Waals surface area contributed by atoms with Crippen LogP contribution < -0.4 is 0 Å². The number of aryl methyl sites for hydroxylation is 1. The summed E-state index contributed by atoms with van der Waals surface area (Å²) < 4.78 is 13.7. The van der Waals surface area contributed by atoms with Crippen LogP contribution in [0.25, 0.3) is 0 Å². The summed E-state index contributed by atoms with van der Waals surface area (Å²) >= 11 is 3.39. The lowest BCUT2D eigenvalue weighted by atomic mass is 10.1. The minimum Gasteiger partial charge on any atom is -0.334 e. The van der Waals surface area contributed by atoms with Gasteiger partial charge in [0.15, 0.2) is 11.5 Å². The quantitative estimate of drug-likeness (QED) is 0.768. The maximum absolute atomic E-state index is 13.0. The third-order valence-electron chi connectivity index (χ3n) is 4.64. The summed E-state index contributed by atoms with van der Waals surface area (Å²) in [7, 11) is 0. The summed E-state index contributed by atoms with van der Waals surface area (Å²) in [6.45, 7) is 5.73. The van der Waals surface area contributed by atoms with Crippen molar-refractivity contribution in [2.75, 3.05) is 26.2 Å². The molecular weight excluding hydrogens is 403 g/mol. The van der Waals surface area contributed by atoms with Gasteiger partial charge >= 0.3 is 0 Å². The van der Waals surface area contributed by atoms with Gasteiger partial charge in [0.25, 0.3) is 5.91 Å². The van der Waals surface area contributed by atoms with Gasteiger partial charge in [-0.25, -0.2) is 4.39 Å². The van der Waals surface area contributed by atoms with Gasteiger partial charge in [0.1, 0.15) is 5.82 Å². The number of hydrogen-bond acceptors (Lipinski definition) is 4. The largest absolute Gasteiger partial charge is 0.334 e. The highest BCUT2D eigenvalue weighted by molar-refractivity contribution is 9.10. The van der Waals surface area contributed by atoms with E-state index in [-0.39, 0.29) is 30.1 Å². The van der Waals surface area contributed by atoms with Crippen LogP contribution in [0.4, 0.5) is 4.39 Å². The van der Waals surface area contributed by atoms with Crippen LogP contribution in [0.1, 0.15) is 33.5 Å². The van der Waals surface area contributed by atoms with Crippen LogP contribution in [-0.4, -0.2) is 63.9 Å². The molecule has 138 valence electrons. The Balaban J connectivity index is 1.61. The SMILES string of the molecule is Cc1[nH]nc(C(=O)N2CCN(CC(=O)c3ccc(F)cc3)[C@@H](C)C2)c1Br. The van der Waals surface area contributed by atoms with E-state index in [1.54, 1.807) is 4.90 Å². The van der Waals surface area contributed by atoms with E-state index in [2.05, 4.69) is 26.1 Å². The highest BCUT2D eigenvalue weighted by atomic mass is 79.9. The zero-order valence-corrected chi connectivity index (χ0v) is 16.2. The molecule has 1 aromatic carbocycles. The molecule has 1 aliphatic rings. The molecule has 0 saturated carbocycles. The fourth-order valence-corrected chi connectivity index (χ4v) is 3.38. The number of carbonyl (C=O) groups excluding carboxylic acids is 2. The molecule has 1 saturated heterocycles. The molecule has 1 N–H and O–H groups in total. The summed E-state index contributed by atoms with van der Waals surface area (Å²) in [5.41, 5.74) is 1.68. The zero-order valence-electron chi connectivity index (χ0n) is 14.6.